The van der Waals surface area contributed by atoms with Crippen molar-refractivity contribution in [2.45, 2.75) is 38.5 Å². The Morgan fingerprint density at radius 1 is 1.16 bits per heavy atom. The summed E-state index contributed by atoms with van der Waals surface area (Å²) < 4.78 is 10.7. The smallest absolute Gasteiger partial charge is 0.226 e. The maximum atomic E-state index is 5.37. The van der Waals surface area contributed by atoms with Gasteiger partial charge in [-0.05, 0) is 50.6 Å². The Hall–Kier alpha value is -0.940. The first-order chi connectivity index (χ1) is 9.40. The van der Waals surface area contributed by atoms with Crippen LogP contribution in [0.2, 0.25) is 0 Å². The highest BCUT2D eigenvalue weighted by atomic mass is 16.5. The fourth-order valence-corrected chi connectivity index (χ4v) is 2.98. The van der Waals surface area contributed by atoms with Gasteiger partial charge in [0.25, 0.3) is 0 Å². The number of ether oxygens (including phenoxy) is 1. The number of rotatable bonds is 5. The van der Waals surface area contributed by atoms with Gasteiger partial charge in [0.15, 0.2) is 5.82 Å². The second kappa shape index (κ2) is 6.48. The van der Waals surface area contributed by atoms with E-state index >= 15 is 0 Å². The van der Waals surface area contributed by atoms with Gasteiger partial charge in [-0.2, -0.15) is 4.98 Å². The third-order valence-corrected chi connectivity index (χ3v) is 4.23. The van der Waals surface area contributed by atoms with E-state index in [9.17, 15) is 0 Å². The van der Waals surface area contributed by atoms with Crippen LogP contribution in [0.4, 0.5) is 0 Å². The van der Waals surface area contributed by atoms with Crippen LogP contribution in [-0.4, -0.2) is 36.4 Å². The summed E-state index contributed by atoms with van der Waals surface area (Å²) in [5.41, 5.74) is 0. The molecule has 1 aromatic rings. The molecular formula is C14H23N3O2. The third kappa shape index (κ3) is 3.76. The lowest BCUT2D eigenvalue weighted by Crippen LogP contribution is -2.27. The Morgan fingerprint density at radius 3 is 2.84 bits per heavy atom. The van der Waals surface area contributed by atoms with Crippen LogP contribution >= 0.6 is 0 Å². The highest BCUT2D eigenvalue weighted by Crippen LogP contribution is 2.19. The lowest BCUT2D eigenvalue weighted by Gasteiger charge is -2.21. The van der Waals surface area contributed by atoms with Crippen molar-refractivity contribution >= 4 is 0 Å². The number of aryl methyl sites for hydroxylation is 1. The molecule has 1 N–H and O–H groups in total. The number of aromatic nitrogens is 2. The highest BCUT2D eigenvalue weighted by Gasteiger charge is 2.19. The molecule has 0 saturated carbocycles. The van der Waals surface area contributed by atoms with E-state index in [1.54, 1.807) is 0 Å². The third-order valence-electron chi connectivity index (χ3n) is 4.23. The normalized spacial score (nSPS) is 24.9. The van der Waals surface area contributed by atoms with Crippen LogP contribution in [0.25, 0.3) is 0 Å². The molecule has 0 aliphatic carbocycles. The van der Waals surface area contributed by atoms with Gasteiger partial charge in [0, 0.05) is 26.1 Å². The van der Waals surface area contributed by atoms with Gasteiger partial charge in [0.05, 0.1) is 0 Å². The summed E-state index contributed by atoms with van der Waals surface area (Å²) in [6.07, 6.45) is 6.69. The molecule has 1 atom stereocenters. The van der Waals surface area contributed by atoms with Crippen LogP contribution in [0.15, 0.2) is 4.52 Å². The van der Waals surface area contributed by atoms with Gasteiger partial charge >= 0.3 is 0 Å². The Bertz CT molecular complexity index is 382. The van der Waals surface area contributed by atoms with Crippen molar-refractivity contribution < 1.29 is 9.26 Å². The van der Waals surface area contributed by atoms with Crippen LogP contribution in [0.1, 0.15) is 37.4 Å². The summed E-state index contributed by atoms with van der Waals surface area (Å²) in [7, 11) is 0. The van der Waals surface area contributed by atoms with Crippen molar-refractivity contribution in [3.05, 3.63) is 11.7 Å². The SMILES string of the molecule is C1CC(CCc2nc(CC3CCOC3)no2)CCN1. The van der Waals surface area contributed by atoms with E-state index in [-0.39, 0.29) is 0 Å². The average molecular weight is 265 g/mol. The van der Waals surface area contributed by atoms with Gasteiger partial charge in [-0.3, -0.25) is 0 Å². The van der Waals surface area contributed by atoms with Crippen molar-refractivity contribution in [1.29, 1.82) is 0 Å². The fraction of sp³-hybridized carbons (Fsp3) is 0.857. The molecule has 3 rings (SSSR count). The van der Waals surface area contributed by atoms with Gasteiger partial charge in [-0.15, -0.1) is 0 Å². The summed E-state index contributed by atoms with van der Waals surface area (Å²) in [6.45, 7) is 4.03. The quantitative estimate of drug-likeness (QED) is 0.876. The van der Waals surface area contributed by atoms with Crippen LogP contribution in [-0.2, 0) is 17.6 Å². The summed E-state index contributed by atoms with van der Waals surface area (Å²) in [5.74, 6) is 3.07. The molecule has 2 aliphatic rings. The van der Waals surface area contributed by atoms with Gasteiger partial charge in [0.1, 0.15) is 0 Å². The Balaban J connectivity index is 1.44. The molecule has 19 heavy (non-hydrogen) atoms. The maximum Gasteiger partial charge on any atom is 0.226 e. The van der Waals surface area contributed by atoms with Crippen molar-refractivity contribution in [1.82, 2.24) is 15.5 Å². The zero-order valence-electron chi connectivity index (χ0n) is 11.4. The van der Waals surface area contributed by atoms with Crippen molar-refractivity contribution in [3.8, 4) is 0 Å². The molecule has 1 unspecified atom stereocenters. The Kier molecular flexibility index (Phi) is 4.45. The van der Waals surface area contributed by atoms with E-state index in [1.807, 2.05) is 0 Å². The molecule has 0 aromatic carbocycles. The van der Waals surface area contributed by atoms with E-state index in [4.69, 9.17) is 9.26 Å². The van der Waals surface area contributed by atoms with E-state index in [0.29, 0.717) is 5.92 Å². The lowest BCUT2D eigenvalue weighted by atomic mass is 9.93. The van der Waals surface area contributed by atoms with Gasteiger partial charge in [0.2, 0.25) is 5.89 Å². The van der Waals surface area contributed by atoms with E-state index < -0.39 is 0 Å². The first kappa shape index (κ1) is 13.1. The molecule has 106 valence electrons. The zero-order valence-corrected chi connectivity index (χ0v) is 11.4. The van der Waals surface area contributed by atoms with Gasteiger partial charge in [-0.1, -0.05) is 5.16 Å². The predicted octanol–water partition coefficient (Wildman–Crippen LogP) is 1.58. The Morgan fingerprint density at radius 2 is 2.05 bits per heavy atom. The maximum absolute atomic E-state index is 5.37. The predicted molar refractivity (Wildman–Crippen MR) is 70.8 cm³/mol. The highest BCUT2D eigenvalue weighted by molar-refractivity contribution is 4.90. The molecule has 0 amide bonds. The van der Waals surface area contributed by atoms with E-state index in [2.05, 4.69) is 15.5 Å². The second-order valence-electron chi connectivity index (χ2n) is 5.77. The lowest BCUT2D eigenvalue weighted by molar-refractivity contribution is 0.185. The molecule has 0 bridgehead atoms. The second-order valence-corrected chi connectivity index (χ2v) is 5.77. The fourth-order valence-electron chi connectivity index (χ4n) is 2.98. The average Bonchev–Trinajstić information content (AvgIpc) is 3.10. The first-order valence-electron chi connectivity index (χ1n) is 7.50. The Labute approximate surface area is 114 Å². The molecule has 2 aliphatic heterocycles. The molecule has 0 spiro atoms. The molecule has 0 radical (unpaired) electrons. The first-order valence-corrected chi connectivity index (χ1v) is 7.50. The largest absolute Gasteiger partial charge is 0.381 e. The van der Waals surface area contributed by atoms with Crippen LogP contribution in [0.5, 0.6) is 0 Å². The summed E-state index contributed by atoms with van der Waals surface area (Å²) >= 11 is 0. The number of hydrogen-bond donors (Lipinski definition) is 1. The van der Waals surface area contributed by atoms with Crippen molar-refractivity contribution in [3.63, 3.8) is 0 Å². The minimum Gasteiger partial charge on any atom is -0.381 e. The molecule has 2 fully saturated rings. The number of hydrogen-bond acceptors (Lipinski definition) is 5. The molecule has 2 saturated heterocycles. The van der Waals surface area contributed by atoms with Crippen LogP contribution in [0, 0.1) is 11.8 Å². The number of nitrogens with one attached hydrogen (secondary N) is 1. The van der Waals surface area contributed by atoms with E-state index in [1.165, 1.54) is 19.3 Å². The molecule has 5 nitrogen and oxygen atoms in total. The summed E-state index contributed by atoms with van der Waals surface area (Å²) in [5, 5.41) is 7.48. The number of piperidine rings is 1. The molecule has 3 heterocycles. The standard InChI is InChI=1S/C14H23N3O2/c1(11-3-6-15-7-4-11)2-14-16-13(17-19-14)9-12-5-8-18-10-12/h11-12,15H,1-10H2. The van der Waals surface area contributed by atoms with Gasteiger partial charge in [-0.25, -0.2) is 0 Å². The van der Waals surface area contributed by atoms with Gasteiger partial charge < -0.3 is 14.6 Å². The summed E-state index contributed by atoms with van der Waals surface area (Å²) in [4.78, 5) is 4.51. The molecule has 5 heteroatoms. The summed E-state index contributed by atoms with van der Waals surface area (Å²) in [6, 6.07) is 0. The van der Waals surface area contributed by atoms with Crippen LogP contribution in [0.3, 0.4) is 0 Å². The van der Waals surface area contributed by atoms with Crippen LogP contribution < -0.4 is 5.32 Å². The minimum atomic E-state index is 0.579. The topological polar surface area (TPSA) is 60.2 Å². The zero-order chi connectivity index (χ0) is 12.9. The number of nitrogens with zero attached hydrogens (tertiary/aromatic N) is 2. The van der Waals surface area contributed by atoms with E-state index in [0.717, 1.165) is 63.2 Å². The molecular weight excluding hydrogens is 242 g/mol. The molecule has 1 aromatic heterocycles. The van der Waals surface area contributed by atoms with Crippen molar-refractivity contribution in [2.24, 2.45) is 11.8 Å². The van der Waals surface area contributed by atoms with Crippen molar-refractivity contribution in [2.75, 3.05) is 26.3 Å². The minimum absolute atomic E-state index is 0.579. The monoisotopic (exact) mass is 265 g/mol.